The Labute approximate surface area is 150 Å². The second-order valence-electron chi connectivity index (χ2n) is 6.54. The van der Waals surface area contributed by atoms with Crippen molar-refractivity contribution in [1.29, 1.82) is 0 Å². The lowest BCUT2D eigenvalue weighted by Crippen LogP contribution is -2.30. The second kappa shape index (κ2) is 7.20. The summed E-state index contributed by atoms with van der Waals surface area (Å²) in [5.41, 5.74) is -0.667. The monoisotopic (exact) mass is 385 g/mol. The standard InChI is InChI=1S/C16H20FN3O5S/c17-12-6-11(13(21)4-3-10-2-1-5-18-8-10)7-14(22)16(12)20-9-15(23)19-26(20,24)25/h6-7,10,18,22H,1-5,8-9H2,(H,19,23)/t10-/m1/s1. The van der Waals surface area contributed by atoms with Crippen LogP contribution in [0.4, 0.5) is 10.1 Å². The van der Waals surface area contributed by atoms with Crippen LogP contribution in [0.3, 0.4) is 0 Å². The highest BCUT2D eigenvalue weighted by Crippen LogP contribution is 2.35. The lowest BCUT2D eigenvalue weighted by atomic mass is 9.92. The molecule has 1 aromatic carbocycles. The summed E-state index contributed by atoms with van der Waals surface area (Å²) >= 11 is 0. The molecule has 0 aliphatic carbocycles. The van der Waals surface area contributed by atoms with E-state index in [-0.39, 0.29) is 17.8 Å². The van der Waals surface area contributed by atoms with Crippen molar-refractivity contribution in [3.05, 3.63) is 23.5 Å². The zero-order chi connectivity index (χ0) is 18.9. The summed E-state index contributed by atoms with van der Waals surface area (Å²) in [5.74, 6) is -2.54. The van der Waals surface area contributed by atoms with Gasteiger partial charge in [-0.2, -0.15) is 8.42 Å². The zero-order valence-corrected chi connectivity index (χ0v) is 14.8. The number of nitrogens with one attached hydrogen (secondary N) is 2. The van der Waals surface area contributed by atoms with Crippen molar-refractivity contribution in [3.63, 3.8) is 0 Å². The number of hydrogen-bond acceptors (Lipinski definition) is 6. The molecule has 2 saturated heterocycles. The van der Waals surface area contributed by atoms with Crippen LogP contribution in [0.5, 0.6) is 5.75 Å². The van der Waals surface area contributed by atoms with Gasteiger partial charge in [0.2, 0.25) is 0 Å². The highest BCUT2D eigenvalue weighted by molar-refractivity contribution is 7.92. The van der Waals surface area contributed by atoms with Crippen LogP contribution in [0.2, 0.25) is 0 Å². The molecule has 1 aromatic rings. The Morgan fingerprint density at radius 1 is 1.38 bits per heavy atom. The average Bonchev–Trinajstić information content (AvgIpc) is 2.85. The van der Waals surface area contributed by atoms with Crippen LogP contribution in [-0.4, -0.2) is 44.8 Å². The second-order valence-corrected chi connectivity index (χ2v) is 8.13. The number of carbonyl (C=O) groups is 2. The fourth-order valence-corrected chi connectivity index (χ4v) is 4.46. The van der Waals surface area contributed by atoms with Gasteiger partial charge in [0.15, 0.2) is 11.6 Å². The van der Waals surface area contributed by atoms with Gasteiger partial charge in [0, 0.05) is 12.0 Å². The molecular formula is C16H20FN3O5S. The van der Waals surface area contributed by atoms with Crippen LogP contribution in [-0.2, 0) is 15.0 Å². The maximum atomic E-state index is 14.4. The maximum Gasteiger partial charge on any atom is 0.326 e. The highest BCUT2D eigenvalue weighted by atomic mass is 32.2. The van der Waals surface area contributed by atoms with Crippen LogP contribution < -0.4 is 14.3 Å². The van der Waals surface area contributed by atoms with Gasteiger partial charge in [0.1, 0.15) is 18.0 Å². The first-order chi connectivity index (χ1) is 12.3. The lowest BCUT2D eigenvalue weighted by molar-refractivity contribution is -0.117. The molecule has 0 spiro atoms. The molecular weight excluding hydrogens is 365 g/mol. The Morgan fingerprint density at radius 2 is 2.15 bits per heavy atom. The van der Waals surface area contributed by atoms with E-state index >= 15 is 0 Å². The Morgan fingerprint density at radius 3 is 2.73 bits per heavy atom. The molecule has 1 atom stereocenters. The van der Waals surface area contributed by atoms with E-state index in [0.29, 0.717) is 16.6 Å². The fraction of sp³-hybridized carbons (Fsp3) is 0.500. The first kappa shape index (κ1) is 18.6. The molecule has 10 heteroatoms. The molecule has 0 bridgehead atoms. The number of ketones is 1. The van der Waals surface area contributed by atoms with Gasteiger partial charge in [-0.3, -0.25) is 9.59 Å². The van der Waals surface area contributed by atoms with Crippen LogP contribution in [0.1, 0.15) is 36.0 Å². The number of phenolic OH excluding ortho intramolecular Hbond substituents is 1. The number of piperidine rings is 1. The number of nitrogens with zero attached hydrogens (tertiary/aromatic N) is 1. The van der Waals surface area contributed by atoms with Crippen molar-refractivity contribution in [2.45, 2.75) is 25.7 Å². The number of benzene rings is 1. The minimum absolute atomic E-state index is 0.0246. The molecule has 0 unspecified atom stereocenters. The predicted octanol–water partition coefficient (Wildman–Crippen LogP) is 0.675. The maximum absolute atomic E-state index is 14.4. The molecule has 0 aromatic heterocycles. The normalized spacial score (nSPS) is 22.3. The Hall–Kier alpha value is -2.20. The van der Waals surface area contributed by atoms with E-state index in [4.69, 9.17) is 0 Å². The molecule has 2 fully saturated rings. The third-order valence-electron chi connectivity index (χ3n) is 4.61. The number of amides is 1. The van der Waals surface area contributed by atoms with E-state index in [2.05, 4.69) is 5.32 Å². The van der Waals surface area contributed by atoms with Gasteiger partial charge in [-0.15, -0.1) is 0 Å². The molecule has 26 heavy (non-hydrogen) atoms. The van der Waals surface area contributed by atoms with Crippen LogP contribution in [0.25, 0.3) is 0 Å². The Bertz CT molecular complexity index is 813. The van der Waals surface area contributed by atoms with E-state index < -0.39 is 39.9 Å². The number of rotatable bonds is 5. The van der Waals surface area contributed by atoms with Crippen molar-refractivity contribution in [1.82, 2.24) is 10.0 Å². The van der Waals surface area contributed by atoms with Crippen molar-refractivity contribution < 1.29 is 27.5 Å². The number of Topliss-reactive ketones (excluding diaryl/α,β-unsaturated/α-hetero) is 1. The first-order valence-corrected chi connectivity index (χ1v) is 9.81. The zero-order valence-electron chi connectivity index (χ0n) is 14.0. The average molecular weight is 385 g/mol. The molecule has 0 radical (unpaired) electrons. The van der Waals surface area contributed by atoms with E-state index in [0.717, 1.165) is 38.1 Å². The molecule has 1 amide bonds. The number of aromatic hydroxyl groups is 1. The Balaban J connectivity index is 1.76. The molecule has 2 aliphatic rings. The summed E-state index contributed by atoms with van der Waals surface area (Å²) in [4.78, 5) is 23.6. The summed E-state index contributed by atoms with van der Waals surface area (Å²) < 4.78 is 40.2. The quantitative estimate of drug-likeness (QED) is 0.642. The third kappa shape index (κ3) is 3.80. The molecule has 142 valence electrons. The van der Waals surface area contributed by atoms with Gasteiger partial charge in [-0.05, 0) is 50.4 Å². The minimum Gasteiger partial charge on any atom is -0.506 e. The first-order valence-electron chi connectivity index (χ1n) is 8.37. The SMILES string of the molecule is O=C1CN(c2c(O)cc(C(=O)CC[C@H]3CCCNC3)cc2F)S(=O)(=O)N1. The van der Waals surface area contributed by atoms with Crippen LogP contribution in [0, 0.1) is 11.7 Å². The van der Waals surface area contributed by atoms with E-state index in [1.54, 1.807) is 4.72 Å². The number of carbonyl (C=O) groups excluding carboxylic acids is 2. The molecule has 8 nitrogen and oxygen atoms in total. The molecule has 3 N–H and O–H groups in total. The topological polar surface area (TPSA) is 116 Å². The van der Waals surface area contributed by atoms with E-state index in [1.807, 2.05) is 0 Å². The summed E-state index contributed by atoms with van der Waals surface area (Å²) in [5, 5.41) is 13.3. The third-order valence-corrected chi connectivity index (χ3v) is 5.99. The smallest absolute Gasteiger partial charge is 0.326 e. The number of anilines is 1. The van der Waals surface area contributed by atoms with E-state index in [9.17, 15) is 27.5 Å². The summed E-state index contributed by atoms with van der Waals surface area (Å²) in [6.45, 7) is 1.19. The predicted molar refractivity (Wildman–Crippen MR) is 91.6 cm³/mol. The van der Waals surface area contributed by atoms with E-state index in [1.165, 1.54) is 0 Å². The molecule has 3 rings (SSSR count). The van der Waals surface area contributed by atoms with Gasteiger partial charge in [-0.1, -0.05) is 0 Å². The van der Waals surface area contributed by atoms with Crippen molar-refractivity contribution >= 4 is 27.6 Å². The largest absolute Gasteiger partial charge is 0.506 e. The van der Waals surface area contributed by atoms with Crippen LogP contribution in [0.15, 0.2) is 12.1 Å². The Kier molecular flexibility index (Phi) is 5.15. The fourth-order valence-electron chi connectivity index (χ4n) is 3.29. The van der Waals surface area contributed by atoms with Crippen molar-refractivity contribution in [2.24, 2.45) is 5.92 Å². The van der Waals surface area contributed by atoms with Crippen molar-refractivity contribution in [3.8, 4) is 5.75 Å². The van der Waals surface area contributed by atoms with Gasteiger partial charge in [0.25, 0.3) is 5.91 Å². The number of halogens is 1. The summed E-state index contributed by atoms with van der Waals surface area (Å²) in [6, 6.07) is 1.94. The van der Waals surface area contributed by atoms with Gasteiger partial charge in [0.05, 0.1) is 0 Å². The van der Waals surface area contributed by atoms with Gasteiger partial charge >= 0.3 is 10.2 Å². The summed E-state index contributed by atoms with van der Waals surface area (Å²) in [7, 11) is -4.25. The molecule has 2 aliphatic heterocycles. The number of phenols is 1. The number of hydrogen-bond donors (Lipinski definition) is 3. The minimum atomic E-state index is -4.25. The van der Waals surface area contributed by atoms with Crippen molar-refractivity contribution in [2.75, 3.05) is 23.9 Å². The van der Waals surface area contributed by atoms with Crippen LogP contribution >= 0.6 is 0 Å². The van der Waals surface area contributed by atoms with Gasteiger partial charge in [-0.25, -0.2) is 13.4 Å². The van der Waals surface area contributed by atoms with Gasteiger partial charge < -0.3 is 10.4 Å². The molecule has 0 saturated carbocycles. The summed E-state index contributed by atoms with van der Waals surface area (Å²) in [6.07, 6.45) is 2.97. The molecule has 2 heterocycles. The lowest BCUT2D eigenvalue weighted by Gasteiger charge is -2.22. The highest BCUT2D eigenvalue weighted by Gasteiger charge is 2.37.